The third-order valence-electron chi connectivity index (χ3n) is 2.14. The van der Waals surface area contributed by atoms with Gasteiger partial charge in [0.05, 0.1) is 6.61 Å². The van der Waals surface area contributed by atoms with Gasteiger partial charge in [0.25, 0.3) is 0 Å². The summed E-state index contributed by atoms with van der Waals surface area (Å²) in [5, 5.41) is 5.98. The van der Waals surface area contributed by atoms with Gasteiger partial charge in [0.1, 0.15) is 6.61 Å². The smallest absolute Gasteiger partial charge is 0.250 e. The van der Waals surface area contributed by atoms with Gasteiger partial charge in [0.15, 0.2) is 0 Å². The van der Waals surface area contributed by atoms with Crippen LogP contribution in [0.3, 0.4) is 0 Å². The molecule has 0 aliphatic rings. The van der Waals surface area contributed by atoms with Crippen LogP contribution in [0, 0.1) is 0 Å². The molecule has 4 nitrogen and oxygen atoms in total. The van der Waals surface area contributed by atoms with Gasteiger partial charge in [-0.25, -0.2) is 0 Å². The summed E-state index contributed by atoms with van der Waals surface area (Å²) in [6.45, 7) is 5.50. The fourth-order valence-electron chi connectivity index (χ4n) is 1.35. The van der Waals surface area contributed by atoms with Crippen molar-refractivity contribution < 1.29 is 9.53 Å². The molecule has 1 aromatic carbocycles. The number of anilines is 1. The van der Waals surface area contributed by atoms with Gasteiger partial charge in [-0.05, 0) is 18.2 Å². The van der Waals surface area contributed by atoms with E-state index >= 15 is 0 Å². The first-order chi connectivity index (χ1) is 8.58. The number of carbonyl (C=O) groups is 1. The first kappa shape index (κ1) is 15.1. The highest BCUT2D eigenvalue weighted by Gasteiger charge is 2.02. The molecular formula is C13H19BrN2O2. The minimum atomic E-state index is -0.141. The van der Waals surface area contributed by atoms with Crippen LogP contribution in [0.2, 0.25) is 0 Å². The van der Waals surface area contributed by atoms with Crippen molar-refractivity contribution in [2.24, 2.45) is 0 Å². The van der Waals surface area contributed by atoms with Crippen LogP contribution in [0.5, 0.6) is 0 Å². The Morgan fingerprint density at radius 2 is 2.22 bits per heavy atom. The number of halogens is 1. The van der Waals surface area contributed by atoms with Crippen LogP contribution in [0.15, 0.2) is 28.7 Å². The van der Waals surface area contributed by atoms with E-state index in [1.54, 1.807) is 0 Å². The summed E-state index contributed by atoms with van der Waals surface area (Å²) in [7, 11) is 0. The molecule has 18 heavy (non-hydrogen) atoms. The van der Waals surface area contributed by atoms with E-state index in [1.165, 1.54) is 0 Å². The Morgan fingerprint density at radius 3 is 2.89 bits per heavy atom. The molecule has 0 spiro atoms. The summed E-state index contributed by atoms with van der Waals surface area (Å²) < 4.78 is 6.19. The molecule has 0 radical (unpaired) electrons. The molecule has 0 aliphatic heterocycles. The number of rotatable bonds is 7. The van der Waals surface area contributed by atoms with Crippen molar-refractivity contribution >= 4 is 27.5 Å². The average molecular weight is 315 g/mol. The molecule has 2 N–H and O–H groups in total. The van der Waals surface area contributed by atoms with Gasteiger partial charge < -0.3 is 15.4 Å². The van der Waals surface area contributed by atoms with Crippen molar-refractivity contribution in [3.8, 4) is 0 Å². The molecule has 0 bridgehead atoms. The fraction of sp³-hybridized carbons (Fsp3) is 0.462. The Bertz CT molecular complexity index is 383. The van der Waals surface area contributed by atoms with Crippen LogP contribution in [0.4, 0.5) is 5.69 Å². The van der Waals surface area contributed by atoms with Gasteiger partial charge >= 0.3 is 0 Å². The van der Waals surface area contributed by atoms with Gasteiger partial charge in [-0.1, -0.05) is 35.8 Å². The van der Waals surface area contributed by atoms with Crippen molar-refractivity contribution in [3.05, 3.63) is 28.7 Å². The predicted molar refractivity (Wildman–Crippen MR) is 76.7 cm³/mol. The highest BCUT2D eigenvalue weighted by molar-refractivity contribution is 9.10. The van der Waals surface area contributed by atoms with Crippen LogP contribution in [-0.4, -0.2) is 31.7 Å². The van der Waals surface area contributed by atoms with Crippen LogP contribution in [-0.2, 0) is 9.53 Å². The van der Waals surface area contributed by atoms with E-state index in [0.29, 0.717) is 12.6 Å². The zero-order valence-corrected chi connectivity index (χ0v) is 12.3. The zero-order chi connectivity index (χ0) is 13.4. The Morgan fingerprint density at radius 1 is 1.44 bits per heavy atom. The zero-order valence-electron chi connectivity index (χ0n) is 10.7. The van der Waals surface area contributed by atoms with E-state index in [1.807, 2.05) is 24.3 Å². The number of ether oxygens (including phenoxy) is 1. The van der Waals surface area contributed by atoms with Gasteiger partial charge in [-0.2, -0.15) is 0 Å². The number of carbonyl (C=O) groups excluding carboxylic acids is 1. The first-order valence-electron chi connectivity index (χ1n) is 5.94. The molecule has 0 heterocycles. The second-order valence-electron chi connectivity index (χ2n) is 4.22. The largest absolute Gasteiger partial charge is 0.370 e. The second-order valence-corrected chi connectivity index (χ2v) is 5.14. The predicted octanol–water partition coefficient (Wildman–Crippen LogP) is 2.40. The van der Waals surface area contributed by atoms with Gasteiger partial charge in [-0.15, -0.1) is 0 Å². The molecule has 0 atom stereocenters. The number of nitrogens with one attached hydrogen (secondary N) is 2. The maximum atomic E-state index is 11.5. The number of hydrogen-bond donors (Lipinski definition) is 2. The monoisotopic (exact) mass is 314 g/mol. The third-order valence-corrected chi connectivity index (χ3v) is 2.63. The molecule has 100 valence electrons. The minimum Gasteiger partial charge on any atom is -0.370 e. The lowest BCUT2D eigenvalue weighted by Gasteiger charge is -2.09. The maximum absolute atomic E-state index is 11.5. The van der Waals surface area contributed by atoms with E-state index in [0.717, 1.165) is 16.7 Å². The second kappa shape index (κ2) is 8.24. The van der Waals surface area contributed by atoms with E-state index in [-0.39, 0.29) is 12.5 Å². The van der Waals surface area contributed by atoms with E-state index in [9.17, 15) is 4.79 Å². The summed E-state index contributed by atoms with van der Waals surface area (Å²) in [5.41, 5.74) is 0.762. The molecule has 1 rings (SSSR count). The van der Waals surface area contributed by atoms with E-state index < -0.39 is 0 Å². The molecule has 0 unspecified atom stereocenters. The van der Waals surface area contributed by atoms with Crippen molar-refractivity contribution in [2.75, 3.05) is 25.1 Å². The van der Waals surface area contributed by atoms with Crippen molar-refractivity contribution in [1.29, 1.82) is 0 Å². The van der Waals surface area contributed by atoms with E-state index in [2.05, 4.69) is 40.4 Å². The number of benzene rings is 1. The Kier molecular flexibility index (Phi) is 6.93. The Balaban J connectivity index is 2.18. The van der Waals surface area contributed by atoms with Crippen molar-refractivity contribution in [2.45, 2.75) is 19.9 Å². The lowest BCUT2D eigenvalue weighted by Crippen LogP contribution is -2.28. The van der Waals surface area contributed by atoms with Gasteiger partial charge in [0.2, 0.25) is 5.91 Å². The van der Waals surface area contributed by atoms with Crippen LogP contribution in [0.1, 0.15) is 13.8 Å². The molecule has 0 saturated carbocycles. The SMILES string of the molecule is CC(C)NCCOCC(=O)Nc1cccc(Br)c1. The molecular weight excluding hydrogens is 296 g/mol. The molecule has 0 aromatic heterocycles. The van der Waals surface area contributed by atoms with Gasteiger partial charge in [-0.3, -0.25) is 4.79 Å². The summed E-state index contributed by atoms with van der Waals surface area (Å²) >= 11 is 3.35. The summed E-state index contributed by atoms with van der Waals surface area (Å²) in [5.74, 6) is -0.141. The number of hydrogen-bond acceptors (Lipinski definition) is 3. The molecule has 1 aromatic rings. The number of amides is 1. The quantitative estimate of drug-likeness (QED) is 0.760. The summed E-state index contributed by atoms with van der Waals surface area (Å²) in [4.78, 5) is 11.5. The molecule has 0 saturated heterocycles. The highest BCUT2D eigenvalue weighted by atomic mass is 79.9. The third kappa shape index (κ3) is 6.74. The summed E-state index contributed by atoms with van der Waals surface area (Å²) in [6, 6.07) is 7.89. The van der Waals surface area contributed by atoms with Crippen LogP contribution in [0.25, 0.3) is 0 Å². The maximum Gasteiger partial charge on any atom is 0.250 e. The average Bonchev–Trinajstić information content (AvgIpc) is 2.28. The normalized spacial score (nSPS) is 10.7. The van der Waals surface area contributed by atoms with E-state index in [4.69, 9.17) is 4.74 Å². The molecule has 0 aliphatic carbocycles. The fourth-order valence-corrected chi connectivity index (χ4v) is 1.75. The lowest BCUT2D eigenvalue weighted by molar-refractivity contribution is -0.120. The molecule has 1 amide bonds. The standard InChI is InChI=1S/C13H19BrN2O2/c1-10(2)15-6-7-18-9-13(17)16-12-5-3-4-11(14)8-12/h3-5,8,10,15H,6-7,9H2,1-2H3,(H,16,17). The van der Waals surface area contributed by atoms with Crippen LogP contribution < -0.4 is 10.6 Å². The Hall–Kier alpha value is -0.910. The molecule has 5 heteroatoms. The van der Waals surface area contributed by atoms with Gasteiger partial charge in [0, 0.05) is 22.7 Å². The first-order valence-corrected chi connectivity index (χ1v) is 6.74. The molecule has 0 fully saturated rings. The summed E-state index contributed by atoms with van der Waals surface area (Å²) in [6.07, 6.45) is 0. The van der Waals surface area contributed by atoms with Crippen molar-refractivity contribution in [3.63, 3.8) is 0 Å². The minimum absolute atomic E-state index is 0.0757. The Labute approximate surface area is 116 Å². The van der Waals surface area contributed by atoms with Crippen molar-refractivity contribution in [1.82, 2.24) is 5.32 Å². The highest BCUT2D eigenvalue weighted by Crippen LogP contribution is 2.15. The lowest BCUT2D eigenvalue weighted by atomic mass is 10.3. The van der Waals surface area contributed by atoms with Crippen LogP contribution >= 0.6 is 15.9 Å². The topological polar surface area (TPSA) is 50.4 Å².